The predicted molar refractivity (Wildman–Crippen MR) is 45.6 cm³/mol. The third-order valence-electron chi connectivity index (χ3n) is 1.21. The molecule has 1 heterocycles. The van der Waals surface area contributed by atoms with Crippen molar-refractivity contribution in [1.82, 2.24) is 4.98 Å². The van der Waals surface area contributed by atoms with Crippen molar-refractivity contribution >= 4 is 23.5 Å². The lowest BCUT2D eigenvalue weighted by atomic mass is 10.3. The van der Waals surface area contributed by atoms with Crippen molar-refractivity contribution in [3.63, 3.8) is 0 Å². The number of pyridine rings is 1. The minimum Gasteiger partial charge on any atom is -0.465 e. The minimum absolute atomic E-state index is 0.0532. The Bertz CT molecular complexity index is 386. The van der Waals surface area contributed by atoms with E-state index in [2.05, 4.69) is 4.98 Å². The Kier molecular flexibility index (Phi) is 2.67. The molecule has 0 radical (unpaired) electrons. The summed E-state index contributed by atoms with van der Waals surface area (Å²) in [6.45, 7) is 0. The first-order chi connectivity index (χ1) is 6.13. The fraction of sp³-hybridized carbons (Fsp3) is 0. The third kappa shape index (κ3) is 2.32. The summed E-state index contributed by atoms with van der Waals surface area (Å²) in [5, 5.41) is 19.0. The highest BCUT2D eigenvalue weighted by Crippen LogP contribution is 2.15. The van der Waals surface area contributed by atoms with Crippen molar-refractivity contribution < 1.29 is 9.90 Å². The molecule has 0 saturated carbocycles. The highest BCUT2D eigenvalue weighted by molar-refractivity contribution is 6.29. The number of nitrogens with one attached hydrogen (secondary N) is 1. The van der Waals surface area contributed by atoms with Gasteiger partial charge in [0.1, 0.15) is 11.2 Å². The van der Waals surface area contributed by atoms with Crippen molar-refractivity contribution in [2.75, 3.05) is 5.32 Å². The predicted octanol–water partition coefficient (Wildman–Crippen LogP) is 1.70. The van der Waals surface area contributed by atoms with Gasteiger partial charge in [0.25, 0.3) is 0 Å². The van der Waals surface area contributed by atoms with Crippen LogP contribution in [0, 0.1) is 11.3 Å². The van der Waals surface area contributed by atoms with Gasteiger partial charge in [-0.15, -0.1) is 0 Å². The first kappa shape index (κ1) is 9.29. The van der Waals surface area contributed by atoms with Gasteiger partial charge < -0.3 is 5.11 Å². The lowest BCUT2D eigenvalue weighted by Gasteiger charge is -2.01. The zero-order valence-corrected chi connectivity index (χ0v) is 7.04. The molecule has 5 nitrogen and oxygen atoms in total. The molecule has 0 spiro atoms. The van der Waals surface area contributed by atoms with Crippen LogP contribution in [0.3, 0.4) is 0 Å². The number of halogens is 1. The highest BCUT2D eigenvalue weighted by Gasteiger charge is 2.06. The summed E-state index contributed by atoms with van der Waals surface area (Å²) in [7, 11) is 0. The van der Waals surface area contributed by atoms with Gasteiger partial charge in [-0.25, -0.2) is 9.78 Å². The van der Waals surface area contributed by atoms with E-state index in [-0.39, 0.29) is 16.5 Å². The Hall–Kier alpha value is -1.80. The molecule has 6 heteroatoms. The van der Waals surface area contributed by atoms with Gasteiger partial charge in [0.2, 0.25) is 0 Å². The standard InChI is InChI=1S/C7H4ClN3O2/c8-5-2-1-4(3-9)6(10-5)11-7(12)13/h1-2H,(H,10,11)(H,12,13). The molecule has 2 N–H and O–H groups in total. The summed E-state index contributed by atoms with van der Waals surface area (Å²) in [5.74, 6) is -0.0532. The summed E-state index contributed by atoms with van der Waals surface area (Å²) in [6, 6.07) is 4.58. The van der Waals surface area contributed by atoms with Crippen molar-refractivity contribution in [3.05, 3.63) is 22.8 Å². The van der Waals surface area contributed by atoms with Gasteiger partial charge in [-0.05, 0) is 12.1 Å². The maximum atomic E-state index is 10.2. The molecule has 1 aromatic rings. The first-order valence-electron chi connectivity index (χ1n) is 3.20. The lowest BCUT2D eigenvalue weighted by molar-refractivity contribution is 0.209. The molecular weight excluding hydrogens is 194 g/mol. The number of carboxylic acid groups (broad SMARTS) is 1. The van der Waals surface area contributed by atoms with E-state index in [0.717, 1.165) is 0 Å². The van der Waals surface area contributed by atoms with E-state index in [1.54, 1.807) is 6.07 Å². The van der Waals surface area contributed by atoms with Gasteiger partial charge in [-0.1, -0.05) is 11.6 Å². The topological polar surface area (TPSA) is 86.0 Å². The molecule has 0 aromatic carbocycles. The minimum atomic E-state index is -1.29. The van der Waals surface area contributed by atoms with Gasteiger partial charge in [-0.3, -0.25) is 5.32 Å². The molecule has 0 bridgehead atoms. The van der Waals surface area contributed by atoms with Crippen molar-refractivity contribution in [2.24, 2.45) is 0 Å². The van der Waals surface area contributed by atoms with E-state index >= 15 is 0 Å². The highest BCUT2D eigenvalue weighted by atomic mass is 35.5. The van der Waals surface area contributed by atoms with Crippen LogP contribution in [-0.4, -0.2) is 16.2 Å². The van der Waals surface area contributed by atoms with Crippen molar-refractivity contribution in [3.8, 4) is 6.07 Å². The molecule has 0 fully saturated rings. The lowest BCUT2D eigenvalue weighted by Crippen LogP contribution is -2.10. The average molecular weight is 198 g/mol. The van der Waals surface area contributed by atoms with E-state index in [1.165, 1.54) is 12.1 Å². The molecule has 13 heavy (non-hydrogen) atoms. The van der Waals surface area contributed by atoms with E-state index in [0.29, 0.717) is 0 Å². The Labute approximate surface area is 78.6 Å². The van der Waals surface area contributed by atoms with Gasteiger partial charge in [-0.2, -0.15) is 5.26 Å². The van der Waals surface area contributed by atoms with Gasteiger partial charge in [0.15, 0.2) is 5.82 Å². The Morgan fingerprint density at radius 1 is 1.69 bits per heavy atom. The Balaban J connectivity index is 3.10. The van der Waals surface area contributed by atoms with Crippen LogP contribution in [0.5, 0.6) is 0 Å². The quantitative estimate of drug-likeness (QED) is 0.671. The molecule has 0 atom stereocenters. The monoisotopic (exact) mass is 197 g/mol. The first-order valence-corrected chi connectivity index (χ1v) is 3.58. The molecule has 0 aliphatic carbocycles. The average Bonchev–Trinajstić information content (AvgIpc) is 2.03. The smallest absolute Gasteiger partial charge is 0.410 e. The fourth-order valence-corrected chi connectivity index (χ4v) is 0.870. The number of hydrogen-bond acceptors (Lipinski definition) is 3. The van der Waals surface area contributed by atoms with Crippen LogP contribution in [0.1, 0.15) is 5.56 Å². The number of anilines is 1. The molecular formula is C7H4ClN3O2. The Morgan fingerprint density at radius 3 is 2.92 bits per heavy atom. The SMILES string of the molecule is N#Cc1ccc(Cl)nc1NC(=O)O. The second-order valence-corrected chi connectivity index (χ2v) is 2.46. The second-order valence-electron chi connectivity index (χ2n) is 2.07. The molecule has 0 aliphatic rings. The number of amides is 1. The molecule has 1 rings (SSSR count). The fourth-order valence-electron chi connectivity index (χ4n) is 0.722. The number of rotatable bonds is 1. The van der Waals surface area contributed by atoms with Crippen LogP contribution < -0.4 is 5.32 Å². The molecule has 1 amide bonds. The number of nitrogens with zero attached hydrogens (tertiary/aromatic N) is 2. The van der Waals surface area contributed by atoms with Crippen LogP contribution in [0.25, 0.3) is 0 Å². The van der Waals surface area contributed by atoms with Gasteiger partial charge >= 0.3 is 6.09 Å². The summed E-state index contributed by atoms with van der Waals surface area (Å²) < 4.78 is 0. The van der Waals surface area contributed by atoms with Crippen LogP contribution in [0.2, 0.25) is 5.15 Å². The van der Waals surface area contributed by atoms with E-state index in [1.807, 2.05) is 5.32 Å². The molecule has 1 aromatic heterocycles. The normalized spacial score (nSPS) is 8.92. The van der Waals surface area contributed by atoms with Crippen molar-refractivity contribution in [1.29, 1.82) is 5.26 Å². The third-order valence-corrected chi connectivity index (χ3v) is 1.42. The maximum Gasteiger partial charge on any atom is 0.410 e. The molecule has 0 unspecified atom stereocenters. The maximum absolute atomic E-state index is 10.2. The van der Waals surface area contributed by atoms with Gasteiger partial charge in [0.05, 0.1) is 5.56 Å². The largest absolute Gasteiger partial charge is 0.465 e. The van der Waals surface area contributed by atoms with Crippen LogP contribution in [-0.2, 0) is 0 Å². The van der Waals surface area contributed by atoms with Gasteiger partial charge in [0, 0.05) is 0 Å². The van der Waals surface area contributed by atoms with E-state index in [9.17, 15) is 4.79 Å². The summed E-state index contributed by atoms with van der Waals surface area (Å²) >= 11 is 5.50. The summed E-state index contributed by atoms with van der Waals surface area (Å²) in [4.78, 5) is 13.9. The zero-order valence-electron chi connectivity index (χ0n) is 6.28. The van der Waals surface area contributed by atoms with E-state index in [4.69, 9.17) is 22.0 Å². The second kappa shape index (κ2) is 3.74. The number of nitriles is 1. The van der Waals surface area contributed by atoms with E-state index < -0.39 is 6.09 Å². The summed E-state index contributed by atoms with van der Waals surface area (Å²) in [5.41, 5.74) is 0.131. The zero-order chi connectivity index (χ0) is 9.84. The number of aromatic nitrogens is 1. The Morgan fingerprint density at radius 2 is 2.38 bits per heavy atom. The van der Waals surface area contributed by atoms with Crippen LogP contribution in [0.4, 0.5) is 10.6 Å². The number of hydrogen-bond donors (Lipinski definition) is 2. The molecule has 66 valence electrons. The van der Waals surface area contributed by atoms with Crippen LogP contribution in [0.15, 0.2) is 12.1 Å². The van der Waals surface area contributed by atoms with Crippen molar-refractivity contribution in [2.45, 2.75) is 0 Å². The molecule has 0 saturated heterocycles. The molecule has 0 aliphatic heterocycles. The van der Waals surface area contributed by atoms with Crippen LogP contribution >= 0.6 is 11.6 Å². The number of carbonyl (C=O) groups is 1. The summed E-state index contributed by atoms with van der Waals surface area (Å²) in [6.07, 6.45) is -1.29.